The maximum atomic E-state index is 10.1. The number of nitrogens with one attached hydrogen (secondary N) is 1. The lowest BCUT2D eigenvalue weighted by Crippen LogP contribution is -2.01. The van der Waals surface area contributed by atoms with E-state index in [0.29, 0.717) is 6.42 Å². The largest absolute Gasteiger partial charge is 0.481 e. The molecule has 1 rings (SSSR count). The molecule has 1 aliphatic rings. The molecule has 98 valence electrons. The van der Waals surface area contributed by atoms with E-state index >= 15 is 0 Å². The molecule has 2 N–H and O–H groups in total. The molecule has 0 aromatic carbocycles. The predicted molar refractivity (Wildman–Crippen MR) is 68.1 cm³/mol. The Morgan fingerprint density at radius 2 is 1.88 bits per heavy atom. The van der Waals surface area contributed by atoms with Crippen LogP contribution in [0.1, 0.15) is 51.9 Å². The van der Waals surface area contributed by atoms with E-state index in [9.17, 15) is 4.79 Å². The Morgan fingerprint density at radius 3 is 2.29 bits per heavy atom. The summed E-state index contributed by atoms with van der Waals surface area (Å²) in [7, 11) is 0. The molecule has 0 atom stereocenters. The van der Waals surface area contributed by atoms with Crippen LogP contribution in [0.3, 0.4) is 0 Å². The highest BCUT2D eigenvalue weighted by Crippen LogP contribution is 2.06. The third-order valence-corrected chi connectivity index (χ3v) is 2.23. The fourth-order valence-corrected chi connectivity index (χ4v) is 1.31. The van der Waals surface area contributed by atoms with E-state index in [1.54, 1.807) is 18.5 Å². The molecular weight excluding hydrogens is 218 g/mol. The highest BCUT2D eigenvalue weighted by molar-refractivity contribution is 5.66. The minimum Gasteiger partial charge on any atom is -0.481 e. The average molecular weight is 241 g/mol. The van der Waals surface area contributed by atoms with Crippen LogP contribution in [0, 0.1) is 0 Å². The second-order valence-electron chi connectivity index (χ2n) is 3.83. The van der Waals surface area contributed by atoms with Gasteiger partial charge < -0.3 is 9.94 Å². The van der Waals surface area contributed by atoms with Gasteiger partial charge in [-0.15, -0.1) is 0 Å². The number of hydroxylamine groups is 1. The normalized spacial score (nSPS) is 12.1. The average Bonchev–Trinajstić information content (AvgIpc) is 2.36. The summed E-state index contributed by atoms with van der Waals surface area (Å²) in [5.74, 6) is -0.666. The number of unbranched alkanes of at least 4 members (excludes halogenated alkanes) is 5. The van der Waals surface area contributed by atoms with Crippen molar-refractivity contribution in [1.82, 2.24) is 5.48 Å². The van der Waals surface area contributed by atoms with Crippen LogP contribution in [0.4, 0.5) is 0 Å². The summed E-state index contributed by atoms with van der Waals surface area (Å²) in [5.41, 5.74) is 2.52. The fraction of sp³-hybridized carbons (Fsp3) is 0.615. The predicted octanol–water partition coefficient (Wildman–Crippen LogP) is 3.37. The Morgan fingerprint density at radius 1 is 1.18 bits per heavy atom. The van der Waals surface area contributed by atoms with E-state index in [-0.39, 0.29) is 0 Å². The molecular formula is C13H23NO3. The fourth-order valence-electron chi connectivity index (χ4n) is 1.31. The molecule has 0 saturated carbocycles. The standard InChI is InChI=1S/C9H18O2.C4H5NO/c1-2-3-4-5-6-7-8-9(10)11;1-2-4-6-5-3-1/h2-8H2,1H3,(H,10,11);1-5H. The molecule has 0 bridgehead atoms. The van der Waals surface area contributed by atoms with Gasteiger partial charge in [0.2, 0.25) is 0 Å². The minimum atomic E-state index is -0.666. The molecule has 1 heterocycles. The summed E-state index contributed by atoms with van der Waals surface area (Å²) in [6.45, 7) is 2.18. The maximum Gasteiger partial charge on any atom is 0.303 e. The molecule has 0 saturated heterocycles. The summed E-state index contributed by atoms with van der Waals surface area (Å²) in [4.78, 5) is 14.6. The maximum absolute atomic E-state index is 10.1. The number of hydrogen-bond donors (Lipinski definition) is 2. The molecule has 0 aromatic heterocycles. The Kier molecular flexibility index (Phi) is 11.5. The second kappa shape index (κ2) is 12.6. The van der Waals surface area contributed by atoms with Crippen LogP contribution in [0.5, 0.6) is 0 Å². The Balaban J connectivity index is 0.000000354. The lowest BCUT2D eigenvalue weighted by Gasteiger charge is -1.97. The molecule has 1 aliphatic heterocycles. The van der Waals surface area contributed by atoms with Gasteiger partial charge in [0.1, 0.15) is 6.26 Å². The molecule has 0 aromatic rings. The van der Waals surface area contributed by atoms with Crippen LogP contribution in [0.25, 0.3) is 0 Å². The molecule has 0 fully saturated rings. The van der Waals surface area contributed by atoms with Crippen LogP contribution in [-0.4, -0.2) is 11.1 Å². The monoisotopic (exact) mass is 241 g/mol. The van der Waals surface area contributed by atoms with Gasteiger partial charge in [0.25, 0.3) is 0 Å². The number of rotatable bonds is 7. The number of allylic oxidation sites excluding steroid dienone is 2. The van der Waals surface area contributed by atoms with Crippen molar-refractivity contribution in [1.29, 1.82) is 0 Å². The van der Waals surface area contributed by atoms with Crippen LogP contribution in [0.15, 0.2) is 24.6 Å². The third kappa shape index (κ3) is 14.6. The van der Waals surface area contributed by atoms with Crippen LogP contribution in [-0.2, 0) is 9.63 Å². The van der Waals surface area contributed by atoms with Crippen molar-refractivity contribution in [2.75, 3.05) is 0 Å². The Labute approximate surface area is 103 Å². The molecule has 0 unspecified atom stereocenters. The molecule has 0 amide bonds. The van der Waals surface area contributed by atoms with Gasteiger partial charge in [0, 0.05) is 12.6 Å². The number of carbonyl (C=O) groups is 1. The molecule has 0 radical (unpaired) electrons. The first-order valence-electron chi connectivity index (χ1n) is 6.22. The van der Waals surface area contributed by atoms with Gasteiger partial charge in [-0.2, -0.15) is 0 Å². The zero-order valence-electron chi connectivity index (χ0n) is 10.5. The van der Waals surface area contributed by atoms with Crippen LogP contribution in [0.2, 0.25) is 0 Å². The topological polar surface area (TPSA) is 58.6 Å². The SMILES string of the molecule is C1=CNOC=C1.CCCCCCCCC(=O)O. The molecule has 17 heavy (non-hydrogen) atoms. The minimum absolute atomic E-state index is 0.339. The van der Waals surface area contributed by atoms with Gasteiger partial charge in [-0.05, 0) is 18.6 Å². The van der Waals surface area contributed by atoms with Crippen molar-refractivity contribution < 1.29 is 14.7 Å². The number of carboxylic acid groups (broad SMARTS) is 1. The van der Waals surface area contributed by atoms with Crippen molar-refractivity contribution >= 4 is 5.97 Å². The Hall–Kier alpha value is -1.45. The lowest BCUT2D eigenvalue weighted by atomic mass is 10.1. The zero-order valence-corrected chi connectivity index (χ0v) is 10.5. The Bertz CT molecular complexity index is 225. The first-order valence-corrected chi connectivity index (χ1v) is 6.22. The van der Waals surface area contributed by atoms with Gasteiger partial charge in [-0.1, -0.05) is 39.0 Å². The van der Waals surface area contributed by atoms with Gasteiger partial charge in [0.15, 0.2) is 0 Å². The zero-order chi connectivity index (χ0) is 12.8. The highest BCUT2D eigenvalue weighted by Gasteiger charge is 1.95. The smallest absolute Gasteiger partial charge is 0.303 e. The van der Waals surface area contributed by atoms with Crippen molar-refractivity contribution in [3.63, 3.8) is 0 Å². The van der Waals surface area contributed by atoms with E-state index in [0.717, 1.165) is 12.8 Å². The van der Waals surface area contributed by atoms with E-state index < -0.39 is 5.97 Å². The summed E-state index contributed by atoms with van der Waals surface area (Å²) in [5, 5.41) is 8.32. The van der Waals surface area contributed by atoms with Crippen molar-refractivity contribution in [3.8, 4) is 0 Å². The van der Waals surface area contributed by atoms with Gasteiger partial charge >= 0.3 is 5.97 Å². The molecule has 4 nitrogen and oxygen atoms in total. The van der Waals surface area contributed by atoms with Gasteiger partial charge in [-0.3, -0.25) is 4.79 Å². The second-order valence-corrected chi connectivity index (χ2v) is 3.83. The van der Waals surface area contributed by atoms with Crippen molar-refractivity contribution in [2.45, 2.75) is 51.9 Å². The van der Waals surface area contributed by atoms with E-state index in [4.69, 9.17) is 5.11 Å². The first-order chi connectivity index (χ1) is 8.27. The molecule has 0 spiro atoms. The first kappa shape index (κ1) is 15.6. The van der Waals surface area contributed by atoms with Crippen molar-refractivity contribution in [3.05, 3.63) is 24.6 Å². The number of hydrogen-bond acceptors (Lipinski definition) is 3. The number of carboxylic acids is 1. The van der Waals surface area contributed by atoms with Crippen LogP contribution >= 0.6 is 0 Å². The third-order valence-electron chi connectivity index (χ3n) is 2.23. The van der Waals surface area contributed by atoms with E-state index in [2.05, 4.69) is 17.2 Å². The van der Waals surface area contributed by atoms with Gasteiger partial charge in [0.05, 0.1) is 0 Å². The summed E-state index contributed by atoms with van der Waals surface area (Å²) < 4.78 is 0. The summed E-state index contributed by atoms with van der Waals surface area (Å²) in [6.07, 6.45) is 14.2. The molecule has 0 aliphatic carbocycles. The van der Waals surface area contributed by atoms with E-state index in [1.807, 2.05) is 6.08 Å². The highest BCUT2D eigenvalue weighted by atomic mass is 16.6. The van der Waals surface area contributed by atoms with Crippen LogP contribution < -0.4 is 5.48 Å². The molecule has 4 heteroatoms. The van der Waals surface area contributed by atoms with Crippen molar-refractivity contribution in [2.24, 2.45) is 0 Å². The van der Waals surface area contributed by atoms with Gasteiger partial charge in [-0.25, -0.2) is 5.48 Å². The lowest BCUT2D eigenvalue weighted by molar-refractivity contribution is -0.137. The summed E-state index contributed by atoms with van der Waals surface area (Å²) in [6, 6.07) is 0. The number of aliphatic carboxylic acids is 1. The summed E-state index contributed by atoms with van der Waals surface area (Å²) >= 11 is 0. The van der Waals surface area contributed by atoms with E-state index in [1.165, 1.54) is 25.7 Å². The quantitative estimate of drug-likeness (QED) is 0.671.